The Morgan fingerprint density at radius 2 is 2.44 bits per heavy atom. The van der Waals surface area contributed by atoms with E-state index in [4.69, 9.17) is 11.6 Å². The maximum Gasteiger partial charge on any atom is 0.0958 e. The monoisotopic (exact) mass is 235 g/mol. The molecule has 16 heavy (non-hydrogen) atoms. The first-order valence-corrected chi connectivity index (χ1v) is 6.02. The summed E-state index contributed by atoms with van der Waals surface area (Å²) in [6, 6.07) is 5.89. The Bertz CT molecular complexity index is 500. The third kappa shape index (κ3) is 1.81. The van der Waals surface area contributed by atoms with Crippen molar-refractivity contribution in [3.05, 3.63) is 29.5 Å². The summed E-state index contributed by atoms with van der Waals surface area (Å²) in [6.45, 7) is 3.31. The molecule has 0 spiro atoms. The number of fused-ring (bicyclic) bond motifs is 1. The molecule has 0 radical (unpaired) electrons. The smallest absolute Gasteiger partial charge is 0.0958 e. The average Bonchev–Trinajstić information content (AvgIpc) is 2.89. The third-order valence-electron chi connectivity index (χ3n) is 3.20. The Balaban J connectivity index is 1.91. The number of hydrogen-bond donors (Lipinski definition) is 1. The highest BCUT2D eigenvalue weighted by atomic mass is 35.5. The summed E-state index contributed by atoms with van der Waals surface area (Å²) in [6.07, 6.45) is 3.17. The molecule has 0 bridgehead atoms. The van der Waals surface area contributed by atoms with Crippen molar-refractivity contribution >= 4 is 22.6 Å². The fourth-order valence-electron chi connectivity index (χ4n) is 2.33. The fraction of sp³-hybridized carbons (Fsp3) is 0.417. The fourth-order valence-corrected chi connectivity index (χ4v) is 2.50. The Hall–Kier alpha value is -1.06. The summed E-state index contributed by atoms with van der Waals surface area (Å²) < 4.78 is 2.23. The maximum atomic E-state index is 5.94. The molecular formula is C12H14ClN3. The Labute approximate surface area is 99.4 Å². The zero-order chi connectivity index (χ0) is 11.0. The van der Waals surface area contributed by atoms with Gasteiger partial charge in [-0.2, -0.15) is 0 Å². The van der Waals surface area contributed by atoms with Crippen LogP contribution in [0.2, 0.25) is 5.02 Å². The van der Waals surface area contributed by atoms with Crippen molar-refractivity contribution in [1.29, 1.82) is 0 Å². The molecule has 3 rings (SSSR count). The molecule has 1 aliphatic rings. The minimum Gasteiger partial charge on any atom is -0.330 e. The van der Waals surface area contributed by atoms with Gasteiger partial charge in [0.05, 0.1) is 17.4 Å². The number of nitrogens with zero attached hydrogens (tertiary/aromatic N) is 2. The number of imidazole rings is 1. The van der Waals surface area contributed by atoms with E-state index in [1.54, 1.807) is 0 Å². The molecule has 4 heteroatoms. The summed E-state index contributed by atoms with van der Waals surface area (Å²) in [5, 5.41) is 4.14. The number of halogens is 1. The Kier molecular flexibility index (Phi) is 2.58. The standard InChI is InChI=1S/C12H14ClN3/c13-10-1-2-12-11(5-10)15-8-16(12)7-9-3-4-14-6-9/h1-2,5,8-9,14H,3-4,6-7H2. The van der Waals surface area contributed by atoms with E-state index in [2.05, 4.69) is 14.9 Å². The van der Waals surface area contributed by atoms with Crippen LogP contribution in [0.25, 0.3) is 11.0 Å². The Morgan fingerprint density at radius 3 is 3.25 bits per heavy atom. The average molecular weight is 236 g/mol. The van der Waals surface area contributed by atoms with E-state index in [-0.39, 0.29) is 0 Å². The molecule has 1 saturated heterocycles. The van der Waals surface area contributed by atoms with E-state index in [0.29, 0.717) is 0 Å². The van der Waals surface area contributed by atoms with Crippen molar-refractivity contribution in [1.82, 2.24) is 14.9 Å². The molecule has 1 aromatic heterocycles. The van der Waals surface area contributed by atoms with Gasteiger partial charge in [-0.05, 0) is 43.6 Å². The summed E-state index contributed by atoms with van der Waals surface area (Å²) in [7, 11) is 0. The Morgan fingerprint density at radius 1 is 1.50 bits per heavy atom. The van der Waals surface area contributed by atoms with E-state index in [0.717, 1.165) is 36.1 Å². The lowest BCUT2D eigenvalue weighted by molar-refractivity contribution is 0.489. The molecular weight excluding hydrogens is 222 g/mol. The van der Waals surface area contributed by atoms with Crippen LogP contribution in [-0.2, 0) is 6.54 Å². The lowest BCUT2D eigenvalue weighted by Crippen LogP contribution is -2.13. The van der Waals surface area contributed by atoms with E-state index in [1.807, 2.05) is 24.5 Å². The summed E-state index contributed by atoms with van der Waals surface area (Å²) in [5.41, 5.74) is 2.16. The van der Waals surface area contributed by atoms with E-state index in [9.17, 15) is 0 Å². The van der Waals surface area contributed by atoms with Crippen molar-refractivity contribution < 1.29 is 0 Å². The van der Waals surface area contributed by atoms with Gasteiger partial charge in [-0.1, -0.05) is 11.6 Å². The molecule has 84 valence electrons. The molecule has 1 N–H and O–H groups in total. The molecule has 0 saturated carbocycles. The highest BCUT2D eigenvalue weighted by Crippen LogP contribution is 2.20. The van der Waals surface area contributed by atoms with Crippen LogP contribution in [-0.4, -0.2) is 22.6 Å². The largest absolute Gasteiger partial charge is 0.330 e. The zero-order valence-corrected chi connectivity index (χ0v) is 9.74. The minimum absolute atomic E-state index is 0.730. The third-order valence-corrected chi connectivity index (χ3v) is 3.44. The first-order valence-electron chi connectivity index (χ1n) is 5.64. The molecule has 1 aromatic carbocycles. The molecule has 1 unspecified atom stereocenters. The van der Waals surface area contributed by atoms with Crippen LogP contribution < -0.4 is 5.32 Å². The minimum atomic E-state index is 0.730. The van der Waals surface area contributed by atoms with Gasteiger partial charge >= 0.3 is 0 Å². The lowest BCUT2D eigenvalue weighted by atomic mass is 10.1. The highest BCUT2D eigenvalue weighted by molar-refractivity contribution is 6.31. The second-order valence-corrected chi connectivity index (χ2v) is 4.83. The first-order chi connectivity index (χ1) is 7.83. The van der Waals surface area contributed by atoms with Gasteiger partial charge in [0.2, 0.25) is 0 Å². The van der Waals surface area contributed by atoms with Crippen molar-refractivity contribution in [2.24, 2.45) is 5.92 Å². The van der Waals surface area contributed by atoms with Gasteiger partial charge in [0.15, 0.2) is 0 Å². The van der Waals surface area contributed by atoms with Gasteiger partial charge in [0, 0.05) is 11.6 Å². The number of nitrogens with one attached hydrogen (secondary N) is 1. The van der Waals surface area contributed by atoms with Gasteiger partial charge in [0.1, 0.15) is 0 Å². The predicted molar refractivity (Wildman–Crippen MR) is 65.7 cm³/mol. The summed E-state index contributed by atoms with van der Waals surface area (Å²) in [4.78, 5) is 4.38. The number of hydrogen-bond acceptors (Lipinski definition) is 2. The van der Waals surface area contributed by atoms with Crippen LogP contribution >= 0.6 is 11.6 Å². The van der Waals surface area contributed by atoms with Crippen LogP contribution in [0.15, 0.2) is 24.5 Å². The number of aromatic nitrogens is 2. The van der Waals surface area contributed by atoms with Crippen molar-refractivity contribution in [2.75, 3.05) is 13.1 Å². The zero-order valence-electron chi connectivity index (χ0n) is 8.99. The SMILES string of the molecule is Clc1ccc2c(c1)ncn2CC1CCNC1. The molecule has 2 aromatic rings. The van der Waals surface area contributed by atoms with Crippen LogP contribution in [0.1, 0.15) is 6.42 Å². The van der Waals surface area contributed by atoms with Crippen LogP contribution in [0.5, 0.6) is 0 Å². The first kappa shape index (κ1) is 10.1. The molecule has 1 fully saturated rings. The normalized spacial score (nSPS) is 20.7. The van der Waals surface area contributed by atoms with Crippen molar-refractivity contribution in [2.45, 2.75) is 13.0 Å². The maximum absolute atomic E-state index is 5.94. The topological polar surface area (TPSA) is 29.9 Å². The summed E-state index contributed by atoms with van der Waals surface area (Å²) in [5.74, 6) is 0.730. The number of benzene rings is 1. The van der Waals surface area contributed by atoms with Crippen LogP contribution in [0.3, 0.4) is 0 Å². The lowest BCUT2D eigenvalue weighted by Gasteiger charge is -2.09. The molecule has 3 nitrogen and oxygen atoms in total. The van der Waals surface area contributed by atoms with E-state index >= 15 is 0 Å². The van der Waals surface area contributed by atoms with E-state index in [1.165, 1.54) is 11.9 Å². The van der Waals surface area contributed by atoms with E-state index < -0.39 is 0 Å². The predicted octanol–water partition coefficient (Wildman–Crippen LogP) is 2.30. The quantitative estimate of drug-likeness (QED) is 0.866. The van der Waals surface area contributed by atoms with Gasteiger partial charge in [-0.15, -0.1) is 0 Å². The summed E-state index contributed by atoms with van der Waals surface area (Å²) >= 11 is 5.94. The van der Waals surface area contributed by atoms with Crippen LogP contribution in [0.4, 0.5) is 0 Å². The van der Waals surface area contributed by atoms with Crippen molar-refractivity contribution in [3.63, 3.8) is 0 Å². The van der Waals surface area contributed by atoms with Gasteiger partial charge in [-0.3, -0.25) is 0 Å². The highest BCUT2D eigenvalue weighted by Gasteiger charge is 2.15. The van der Waals surface area contributed by atoms with Gasteiger partial charge in [0.25, 0.3) is 0 Å². The molecule has 0 aliphatic carbocycles. The molecule has 0 amide bonds. The van der Waals surface area contributed by atoms with Crippen LogP contribution in [0, 0.1) is 5.92 Å². The second-order valence-electron chi connectivity index (χ2n) is 4.39. The number of rotatable bonds is 2. The van der Waals surface area contributed by atoms with Gasteiger partial charge < -0.3 is 9.88 Å². The second kappa shape index (κ2) is 4.07. The molecule has 2 heterocycles. The molecule has 1 aliphatic heterocycles. The van der Waals surface area contributed by atoms with Gasteiger partial charge in [-0.25, -0.2) is 4.98 Å². The van der Waals surface area contributed by atoms with Crippen molar-refractivity contribution in [3.8, 4) is 0 Å². The molecule has 1 atom stereocenters.